The van der Waals surface area contributed by atoms with Crippen molar-refractivity contribution < 1.29 is 9.59 Å². The van der Waals surface area contributed by atoms with Gasteiger partial charge in [-0.25, -0.2) is 0 Å². The van der Waals surface area contributed by atoms with Crippen LogP contribution in [-0.4, -0.2) is 54.3 Å². The minimum atomic E-state index is -0.467. The highest BCUT2D eigenvalue weighted by Crippen LogP contribution is 2.12. The van der Waals surface area contributed by atoms with Crippen LogP contribution >= 0.6 is 0 Å². The Hall–Kier alpha value is -1.88. The SMILES string of the molecule is CC(C)(C)C(=O)NCC(=O)N1CCCN(Cc2ccccc2)CC1. The van der Waals surface area contributed by atoms with Crippen LogP contribution < -0.4 is 5.32 Å². The van der Waals surface area contributed by atoms with Crippen molar-refractivity contribution in [3.63, 3.8) is 0 Å². The smallest absolute Gasteiger partial charge is 0.242 e. The Morgan fingerprint density at radius 2 is 1.75 bits per heavy atom. The van der Waals surface area contributed by atoms with Crippen molar-refractivity contribution in [2.24, 2.45) is 5.41 Å². The molecular weight excluding hydrogens is 302 g/mol. The Morgan fingerprint density at radius 3 is 2.42 bits per heavy atom. The molecule has 0 unspecified atom stereocenters. The topological polar surface area (TPSA) is 52.7 Å². The second kappa shape index (κ2) is 8.29. The second-order valence-corrected chi connectivity index (χ2v) is 7.43. The van der Waals surface area contributed by atoms with Crippen LogP contribution in [0.4, 0.5) is 0 Å². The third-order valence-electron chi connectivity index (χ3n) is 4.27. The lowest BCUT2D eigenvalue weighted by Crippen LogP contribution is -2.44. The molecule has 5 nitrogen and oxygen atoms in total. The molecule has 0 bridgehead atoms. The number of hydrogen-bond donors (Lipinski definition) is 1. The van der Waals surface area contributed by atoms with Crippen molar-refractivity contribution >= 4 is 11.8 Å². The van der Waals surface area contributed by atoms with Crippen molar-refractivity contribution in [2.45, 2.75) is 33.7 Å². The van der Waals surface area contributed by atoms with E-state index in [-0.39, 0.29) is 18.4 Å². The molecule has 1 aliphatic heterocycles. The van der Waals surface area contributed by atoms with E-state index < -0.39 is 5.41 Å². The maximum Gasteiger partial charge on any atom is 0.242 e. The Kier molecular flexibility index (Phi) is 6.37. The fourth-order valence-corrected chi connectivity index (χ4v) is 2.75. The average molecular weight is 331 g/mol. The molecule has 5 heteroatoms. The third-order valence-corrected chi connectivity index (χ3v) is 4.27. The van der Waals surface area contributed by atoms with E-state index in [0.717, 1.165) is 39.1 Å². The number of nitrogens with zero attached hydrogens (tertiary/aromatic N) is 2. The summed E-state index contributed by atoms with van der Waals surface area (Å²) >= 11 is 0. The van der Waals surface area contributed by atoms with Gasteiger partial charge < -0.3 is 10.2 Å². The van der Waals surface area contributed by atoms with Crippen LogP contribution in [0.2, 0.25) is 0 Å². The van der Waals surface area contributed by atoms with Crippen molar-refractivity contribution in [2.75, 3.05) is 32.7 Å². The summed E-state index contributed by atoms with van der Waals surface area (Å²) in [7, 11) is 0. The van der Waals surface area contributed by atoms with E-state index in [1.165, 1.54) is 5.56 Å². The van der Waals surface area contributed by atoms with Gasteiger partial charge in [-0.2, -0.15) is 0 Å². The number of carbonyl (C=O) groups is 2. The Bertz CT molecular complexity index is 551. The largest absolute Gasteiger partial charge is 0.347 e. The number of hydrogen-bond acceptors (Lipinski definition) is 3. The first kappa shape index (κ1) is 18.5. The highest BCUT2D eigenvalue weighted by Gasteiger charge is 2.23. The zero-order chi connectivity index (χ0) is 17.6. The monoisotopic (exact) mass is 331 g/mol. The predicted octanol–water partition coefficient (Wildman–Crippen LogP) is 1.88. The fraction of sp³-hybridized carbons (Fsp3) is 0.579. The predicted molar refractivity (Wildman–Crippen MR) is 95.4 cm³/mol. The summed E-state index contributed by atoms with van der Waals surface area (Å²) in [6, 6.07) is 10.4. The summed E-state index contributed by atoms with van der Waals surface area (Å²) in [5, 5.41) is 2.75. The molecule has 132 valence electrons. The summed E-state index contributed by atoms with van der Waals surface area (Å²) in [4.78, 5) is 28.5. The lowest BCUT2D eigenvalue weighted by atomic mass is 9.96. The molecule has 0 saturated carbocycles. The van der Waals surface area contributed by atoms with Crippen LogP contribution in [0.3, 0.4) is 0 Å². The van der Waals surface area contributed by atoms with Gasteiger partial charge in [-0.1, -0.05) is 51.1 Å². The zero-order valence-corrected chi connectivity index (χ0v) is 15.0. The number of benzene rings is 1. The Morgan fingerprint density at radius 1 is 1.04 bits per heavy atom. The molecule has 0 radical (unpaired) electrons. The molecule has 1 heterocycles. The van der Waals surface area contributed by atoms with Gasteiger partial charge in [-0.15, -0.1) is 0 Å². The van der Waals surface area contributed by atoms with Crippen molar-refractivity contribution in [1.82, 2.24) is 15.1 Å². The van der Waals surface area contributed by atoms with Gasteiger partial charge in [-0.05, 0) is 12.0 Å². The molecule has 1 aromatic rings. The molecule has 1 aromatic carbocycles. The molecule has 2 rings (SSSR count). The average Bonchev–Trinajstić information content (AvgIpc) is 2.78. The maximum atomic E-state index is 12.3. The Labute approximate surface area is 145 Å². The van der Waals surface area contributed by atoms with Gasteiger partial charge in [0.2, 0.25) is 11.8 Å². The summed E-state index contributed by atoms with van der Waals surface area (Å²) in [6.07, 6.45) is 0.964. The van der Waals surface area contributed by atoms with Crippen LogP contribution in [0.15, 0.2) is 30.3 Å². The first-order valence-corrected chi connectivity index (χ1v) is 8.68. The summed E-state index contributed by atoms with van der Waals surface area (Å²) in [5.74, 6) is -0.0782. The van der Waals surface area contributed by atoms with Crippen LogP contribution in [0.25, 0.3) is 0 Å². The van der Waals surface area contributed by atoms with Gasteiger partial charge in [-0.3, -0.25) is 14.5 Å². The molecule has 0 aromatic heterocycles. The van der Waals surface area contributed by atoms with Gasteiger partial charge in [0, 0.05) is 38.1 Å². The molecule has 1 saturated heterocycles. The standard InChI is InChI=1S/C19H29N3O2/c1-19(2,3)18(24)20-14-17(23)22-11-7-10-21(12-13-22)15-16-8-5-4-6-9-16/h4-6,8-9H,7,10-15H2,1-3H3,(H,20,24). The number of amides is 2. The fourth-order valence-electron chi connectivity index (χ4n) is 2.75. The van der Waals surface area contributed by atoms with E-state index in [2.05, 4.69) is 34.5 Å². The van der Waals surface area contributed by atoms with Gasteiger partial charge in [0.05, 0.1) is 6.54 Å². The second-order valence-electron chi connectivity index (χ2n) is 7.43. The van der Waals surface area contributed by atoms with Crippen molar-refractivity contribution in [1.29, 1.82) is 0 Å². The van der Waals surface area contributed by atoms with Gasteiger partial charge in [0.25, 0.3) is 0 Å². The summed E-state index contributed by atoms with van der Waals surface area (Å²) in [6.45, 7) is 9.90. The van der Waals surface area contributed by atoms with E-state index in [1.807, 2.05) is 31.7 Å². The first-order valence-electron chi connectivity index (χ1n) is 8.68. The molecular formula is C19H29N3O2. The lowest BCUT2D eigenvalue weighted by molar-refractivity contribution is -0.135. The molecule has 1 aliphatic rings. The maximum absolute atomic E-state index is 12.3. The number of carbonyl (C=O) groups excluding carboxylic acids is 2. The molecule has 0 spiro atoms. The molecule has 0 aliphatic carbocycles. The normalized spacial score (nSPS) is 16.5. The highest BCUT2D eigenvalue weighted by atomic mass is 16.2. The first-order chi connectivity index (χ1) is 11.4. The molecule has 1 fully saturated rings. The van der Waals surface area contributed by atoms with Crippen LogP contribution in [-0.2, 0) is 16.1 Å². The van der Waals surface area contributed by atoms with E-state index in [1.54, 1.807) is 0 Å². The van der Waals surface area contributed by atoms with E-state index in [4.69, 9.17) is 0 Å². The molecule has 2 amide bonds. The number of rotatable bonds is 4. The third kappa shape index (κ3) is 5.64. The highest BCUT2D eigenvalue weighted by molar-refractivity contribution is 5.87. The lowest BCUT2D eigenvalue weighted by Gasteiger charge is -2.23. The molecule has 24 heavy (non-hydrogen) atoms. The molecule has 0 atom stereocenters. The molecule has 1 N–H and O–H groups in total. The van der Waals surface area contributed by atoms with E-state index in [9.17, 15) is 9.59 Å². The minimum absolute atomic E-state index is 0.00848. The van der Waals surface area contributed by atoms with Crippen molar-refractivity contribution in [3.05, 3.63) is 35.9 Å². The van der Waals surface area contributed by atoms with E-state index in [0.29, 0.717) is 0 Å². The zero-order valence-electron chi connectivity index (χ0n) is 15.0. The number of nitrogens with one attached hydrogen (secondary N) is 1. The minimum Gasteiger partial charge on any atom is -0.347 e. The van der Waals surface area contributed by atoms with Crippen molar-refractivity contribution in [3.8, 4) is 0 Å². The van der Waals surface area contributed by atoms with Gasteiger partial charge in [0.1, 0.15) is 0 Å². The van der Waals surface area contributed by atoms with Gasteiger partial charge in [0.15, 0.2) is 0 Å². The van der Waals surface area contributed by atoms with E-state index >= 15 is 0 Å². The van der Waals surface area contributed by atoms with Gasteiger partial charge >= 0.3 is 0 Å². The summed E-state index contributed by atoms with van der Waals surface area (Å²) < 4.78 is 0. The Balaban J connectivity index is 1.80. The van der Waals surface area contributed by atoms with Crippen LogP contribution in [0.5, 0.6) is 0 Å². The quantitative estimate of drug-likeness (QED) is 0.916. The van der Waals surface area contributed by atoms with Crippen LogP contribution in [0.1, 0.15) is 32.8 Å². The van der Waals surface area contributed by atoms with Crippen LogP contribution in [0, 0.1) is 5.41 Å². The summed E-state index contributed by atoms with van der Waals surface area (Å²) in [5.41, 5.74) is 0.834.